The highest BCUT2D eigenvalue weighted by molar-refractivity contribution is 7.14. The Bertz CT molecular complexity index is 1090. The third-order valence-electron chi connectivity index (χ3n) is 4.39. The summed E-state index contributed by atoms with van der Waals surface area (Å²) in [6.07, 6.45) is 0. The summed E-state index contributed by atoms with van der Waals surface area (Å²) in [6, 6.07) is 18.0. The number of rotatable bonds is 5. The van der Waals surface area contributed by atoms with Crippen LogP contribution in [0.4, 0.5) is 10.9 Å². The molecule has 4 rings (SSSR count). The summed E-state index contributed by atoms with van der Waals surface area (Å²) in [7, 11) is 5.24. The third-order valence-corrected chi connectivity index (χ3v) is 5.30. The van der Waals surface area contributed by atoms with Crippen LogP contribution in [0.2, 0.25) is 0 Å². The fourth-order valence-electron chi connectivity index (χ4n) is 2.89. The molecule has 0 saturated carbocycles. The summed E-state index contributed by atoms with van der Waals surface area (Å²) in [4.78, 5) is 11.5. The molecule has 0 atom stereocenters. The van der Waals surface area contributed by atoms with Crippen molar-refractivity contribution in [3.8, 4) is 22.8 Å². The molecule has 2 aromatic heterocycles. The molecule has 5 nitrogen and oxygen atoms in total. The predicted molar refractivity (Wildman–Crippen MR) is 110 cm³/mol. The molecule has 136 valence electrons. The van der Waals surface area contributed by atoms with Gasteiger partial charge in [0, 0.05) is 23.4 Å². The largest absolute Gasteiger partial charge is 0.493 e. The van der Waals surface area contributed by atoms with Gasteiger partial charge in [-0.15, -0.1) is 11.3 Å². The zero-order valence-electron chi connectivity index (χ0n) is 15.3. The lowest BCUT2D eigenvalue weighted by Crippen LogP contribution is -2.10. The molecule has 0 aliphatic carbocycles. The second-order valence-corrected chi connectivity index (χ2v) is 6.84. The van der Waals surface area contributed by atoms with Crippen LogP contribution in [0, 0.1) is 0 Å². The number of pyridine rings is 1. The number of anilines is 2. The zero-order chi connectivity index (χ0) is 18.8. The number of hydrogen-bond donors (Lipinski definition) is 0. The van der Waals surface area contributed by atoms with Gasteiger partial charge in [-0.1, -0.05) is 18.2 Å². The van der Waals surface area contributed by atoms with Gasteiger partial charge in [0.05, 0.1) is 25.4 Å². The van der Waals surface area contributed by atoms with Crippen LogP contribution in [0.25, 0.3) is 22.2 Å². The minimum absolute atomic E-state index is 0.689. The molecular weight excluding hydrogens is 358 g/mol. The van der Waals surface area contributed by atoms with Gasteiger partial charge in [-0.2, -0.15) is 0 Å². The zero-order valence-corrected chi connectivity index (χ0v) is 16.2. The molecule has 27 heavy (non-hydrogen) atoms. The summed E-state index contributed by atoms with van der Waals surface area (Å²) < 4.78 is 10.7. The molecule has 0 aliphatic rings. The van der Waals surface area contributed by atoms with Crippen molar-refractivity contribution in [1.82, 2.24) is 9.97 Å². The summed E-state index contributed by atoms with van der Waals surface area (Å²) >= 11 is 1.58. The summed E-state index contributed by atoms with van der Waals surface area (Å²) in [5.41, 5.74) is 2.84. The smallest absolute Gasteiger partial charge is 0.191 e. The van der Waals surface area contributed by atoms with Crippen LogP contribution in [0.15, 0.2) is 60.0 Å². The van der Waals surface area contributed by atoms with Crippen LogP contribution in [-0.4, -0.2) is 31.2 Å². The average molecular weight is 377 g/mol. The number of nitrogens with zero attached hydrogens (tertiary/aromatic N) is 3. The van der Waals surface area contributed by atoms with Gasteiger partial charge in [0.15, 0.2) is 16.6 Å². The number of hydrogen-bond acceptors (Lipinski definition) is 6. The first-order valence-electron chi connectivity index (χ1n) is 8.47. The molecule has 0 spiro atoms. The maximum Gasteiger partial charge on any atom is 0.191 e. The topological polar surface area (TPSA) is 47.5 Å². The van der Waals surface area contributed by atoms with Crippen LogP contribution in [0.5, 0.6) is 11.5 Å². The van der Waals surface area contributed by atoms with Crippen LogP contribution >= 0.6 is 11.3 Å². The van der Waals surface area contributed by atoms with Crippen molar-refractivity contribution >= 4 is 33.2 Å². The Balaban J connectivity index is 1.65. The number of fused-ring (bicyclic) bond motifs is 1. The highest BCUT2D eigenvalue weighted by atomic mass is 32.1. The first-order chi connectivity index (χ1) is 13.2. The fraction of sp³-hybridized carbons (Fsp3) is 0.143. The Morgan fingerprint density at radius 2 is 1.70 bits per heavy atom. The van der Waals surface area contributed by atoms with Gasteiger partial charge in [0.25, 0.3) is 0 Å². The number of thiazole rings is 1. The Morgan fingerprint density at radius 3 is 2.52 bits per heavy atom. The van der Waals surface area contributed by atoms with Crippen molar-refractivity contribution < 1.29 is 9.47 Å². The molecule has 2 aromatic carbocycles. The molecule has 2 heterocycles. The van der Waals surface area contributed by atoms with Gasteiger partial charge in [-0.05, 0) is 36.4 Å². The van der Waals surface area contributed by atoms with E-state index in [-0.39, 0.29) is 0 Å². The Kier molecular flexibility index (Phi) is 4.64. The van der Waals surface area contributed by atoms with Crippen LogP contribution in [0.1, 0.15) is 0 Å². The number of para-hydroxylation sites is 1. The van der Waals surface area contributed by atoms with Gasteiger partial charge >= 0.3 is 0 Å². The van der Waals surface area contributed by atoms with Crippen molar-refractivity contribution in [2.75, 3.05) is 26.2 Å². The van der Waals surface area contributed by atoms with Crippen molar-refractivity contribution in [3.05, 3.63) is 60.0 Å². The first kappa shape index (κ1) is 17.3. The minimum Gasteiger partial charge on any atom is -0.493 e. The van der Waals surface area contributed by atoms with Crippen molar-refractivity contribution in [3.63, 3.8) is 0 Å². The Labute approximate surface area is 161 Å². The lowest BCUT2D eigenvalue weighted by molar-refractivity contribution is 0.355. The average Bonchev–Trinajstić information content (AvgIpc) is 3.22. The van der Waals surface area contributed by atoms with Gasteiger partial charge < -0.3 is 14.4 Å². The molecule has 0 unspecified atom stereocenters. The van der Waals surface area contributed by atoms with Crippen LogP contribution in [0.3, 0.4) is 0 Å². The maximum absolute atomic E-state index is 5.39. The highest BCUT2D eigenvalue weighted by Gasteiger charge is 2.13. The molecule has 6 heteroatoms. The highest BCUT2D eigenvalue weighted by Crippen LogP contribution is 2.35. The molecule has 4 aromatic rings. The SMILES string of the molecule is COc1ccc(-c2csc(N(C)c3ccc4ccccc4n3)n2)cc1OC. The van der Waals surface area contributed by atoms with E-state index in [1.54, 1.807) is 25.6 Å². The van der Waals surface area contributed by atoms with Gasteiger partial charge in [0.2, 0.25) is 0 Å². The molecular formula is C21H19N3O2S. The summed E-state index contributed by atoms with van der Waals surface area (Å²) in [5, 5.41) is 4.04. The Morgan fingerprint density at radius 1 is 0.889 bits per heavy atom. The second kappa shape index (κ2) is 7.25. The standard InChI is InChI=1S/C21H19N3O2S/c1-24(20-11-9-14-6-4-5-7-16(14)22-20)21-23-17(13-27-21)15-8-10-18(25-2)19(12-15)26-3/h4-13H,1-3H3. The lowest BCUT2D eigenvalue weighted by atomic mass is 10.1. The number of methoxy groups -OCH3 is 2. The van der Waals surface area contributed by atoms with E-state index in [0.29, 0.717) is 11.5 Å². The molecule has 0 bridgehead atoms. The van der Waals surface area contributed by atoms with Gasteiger partial charge in [0.1, 0.15) is 5.82 Å². The quantitative estimate of drug-likeness (QED) is 0.482. The van der Waals surface area contributed by atoms with E-state index in [1.807, 2.05) is 59.8 Å². The molecule has 0 amide bonds. The monoisotopic (exact) mass is 377 g/mol. The van der Waals surface area contributed by atoms with Crippen molar-refractivity contribution in [2.24, 2.45) is 0 Å². The maximum atomic E-state index is 5.39. The number of benzene rings is 2. The Hall–Kier alpha value is -3.12. The molecule has 0 saturated heterocycles. The normalized spacial score (nSPS) is 10.8. The summed E-state index contributed by atoms with van der Waals surface area (Å²) in [6.45, 7) is 0. The van der Waals surface area contributed by atoms with E-state index in [4.69, 9.17) is 19.4 Å². The van der Waals surface area contributed by atoms with E-state index >= 15 is 0 Å². The molecule has 0 N–H and O–H groups in total. The first-order valence-corrected chi connectivity index (χ1v) is 9.35. The van der Waals surface area contributed by atoms with Crippen molar-refractivity contribution in [1.29, 1.82) is 0 Å². The third kappa shape index (κ3) is 3.31. The molecule has 0 aliphatic heterocycles. The molecule has 0 radical (unpaired) electrons. The van der Waals surface area contributed by atoms with Crippen molar-refractivity contribution in [2.45, 2.75) is 0 Å². The fourth-order valence-corrected chi connectivity index (χ4v) is 3.70. The second-order valence-electron chi connectivity index (χ2n) is 6.01. The van der Waals surface area contributed by atoms with E-state index in [2.05, 4.69) is 12.1 Å². The van der Waals surface area contributed by atoms with E-state index < -0.39 is 0 Å². The van der Waals surface area contributed by atoms with Crippen LogP contribution < -0.4 is 14.4 Å². The van der Waals surface area contributed by atoms with E-state index in [9.17, 15) is 0 Å². The lowest BCUT2D eigenvalue weighted by Gasteiger charge is -2.15. The minimum atomic E-state index is 0.689. The van der Waals surface area contributed by atoms with E-state index in [1.165, 1.54) is 0 Å². The van der Waals surface area contributed by atoms with Gasteiger partial charge in [-0.25, -0.2) is 9.97 Å². The number of aromatic nitrogens is 2. The van der Waals surface area contributed by atoms with Crippen LogP contribution in [-0.2, 0) is 0 Å². The molecule has 0 fully saturated rings. The predicted octanol–water partition coefficient (Wildman–Crippen LogP) is 5.14. The van der Waals surface area contributed by atoms with E-state index in [0.717, 1.165) is 33.1 Å². The van der Waals surface area contributed by atoms with Gasteiger partial charge in [-0.3, -0.25) is 0 Å². The number of ether oxygens (including phenoxy) is 2. The summed E-state index contributed by atoms with van der Waals surface area (Å²) in [5.74, 6) is 2.25.